The van der Waals surface area contributed by atoms with E-state index in [1.807, 2.05) is 0 Å². The van der Waals surface area contributed by atoms with E-state index in [0.717, 1.165) is 0 Å². The van der Waals surface area contributed by atoms with Crippen LogP contribution < -0.4 is 5.32 Å². The number of thiazole rings is 1. The maximum absolute atomic E-state index is 12.9. The summed E-state index contributed by atoms with van der Waals surface area (Å²) in [5.41, 5.74) is 0.890. The summed E-state index contributed by atoms with van der Waals surface area (Å²) in [4.78, 5) is 16.7. The molecule has 1 aromatic heterocycles. The lowest BCUT2D eigenvalue weighted by atomic mass is 10.2. The van der Waals surface area contributed by atoms with E-state index in [4.69, 9.17) is 0 Å². The van der Waals surface area contributed by atoms with Gasteiger partial charge in [0.1, 0.15) is 5.82 Å². The molecule has 0 fully saturated rings. The lowest BCUT2D eigenvalue weighted by Gasteiger charge is -2.14. The standard InChI is InChI=1S/C17H16FN3O3S2/c1-3-21(2)26(23,24)13-8-9-14-15(10-13)25-17(19-14)20-16(22)11-4-6-12(18)7-5-11/h4-10H,3H2,1-2H3,(H,19,20,22). The van der Waals surface area contributed by atoms with Gasteiger partial charge in [-0.1, -0.05) is 18.3 Å². The van der Waals surface area contributed by atoms with Gasteiger partial charge in [-0.2, -0.15) is 0 Å². The molecule has 9 heteroatoms. The highest BCUT2D eigenvalue weighted by Gasteiger charge is 2.20. The van der Waals surface area contributed by atoms with Crippen molar-refractivity contribution in [2.75, 3.05) is 18.9 Å². The van der Waals surface area contributed by atoms with Crippen LogP contribution in [0.15, 0.2) is 47.4 Å². The second-order valence-corrected chi connectivity index (χ2v) is 8.60. The summed E-state index contributed by atoms with van der Waals surface area (Å²) >= 11 is 1.17. The molecule has 6 nitrogen and oxygen atoms in total. The summed E-state index contributed by atoms with van der Waals surface area (Å²) in [5, 5.41) is 2.99. The summed E-state index contributed by atoms with van der Waals surface area (Å²) in [5.74, 6) is -0.838. The fourth-order valence-corrected chi connectivity index (χ4v) is 4.42. The molecule has 0 aliphatic rings. The number of nitrogens with zero attached hydrogens (tertiary/aromatic N) is 2. The highest BCUT2D eigenvalue weighted by molar-refractivity contribution is 7.89. The highest BCUT2D eigenvalue weighted by Crippen LogP contribution is 2.29. The minimum absolute atomic E-state index is 0.175. The van der Waals surface area contributed by atoms with Crippen LogP contribution in [0.4, 0.5) is 9.52 Å². The van der Waals surface area contributed by atoms with Gasteiger partial charge >= 0.3 is 0 Å². The maximum atomic E-state index is 12.9. The van der Waals surface area contributed by atoms with Crippen LogP contribution in [0.5, 0.6) is 0 Å². The summed E-state index contributed by atoms with van der Waals surface area (Å²) in [7, 11) is -2.04. The number of aromatic nitrogens is 1. The SMILES string of the molecule is CCN(C)S(=O)(=O)c1ccc2nc(NC(=O)c3ccc(F)cc3)sc2c1. The third kappa shape index (κ3) is 3.59. The van der Waals surface area contributed by atoms with Crippen molar-refractivity contribution in [2.45, 2.75) is 11.8 Å². The smallest absolute Gasteiger partial charge is 0.257 e. The molecule has 3 aromatic rings. The predicted octanol–water partition coefficient (Wildman–Crippen LogP) is 3.33. The van der Waals surface area contributed by atoms with Crippen LogP contribution in [0.25, 0.3) is 10.2 Å². The number of fused-ring (bicyclic) bond motifs is 1. The second-order valence-electron chi connectivity index (χ2n) is 5.53. The molecule has 0 aliphatic heterocycles. The van der Waals surface area contributed by atoms with Gasteiger partial charge in [0.2, 0.25) is 10.0 Å². The molecule has 1 heterocycles. The zero-order valence-corrected chi connectivity index (χ0v) is 15.7. The van der Waals surface area contributed by atoms with Gasteiger partial charge in [-0.05, 0) is 42.5 Å². The lowest BCUT2D eigenvalue weighted by Crippen LogP contribution is -2.26. The number of hydrogen-bond donors (Lipinski definition) is 1. The Morgan fingerprint density at radius 2 is 1.92 bits per heavy atom. The van der Waals surface area contributed by atoms with E-state index in [2.05, 4.69) is 10.3 Å². The van der Waals surface area contributed by atoms with Crippen LogP contribution in [0.1, 0.15) is 17.3 Å². The molecule has 1 N–H and O–H groups in total. The number of amides is 1. The first kappa shape index (κ1) is 18.4. The van der Waals surface area contributed by atoms with Crippen molar-refractivity contribution in [2.24, 2.45) is 0 Å². The largest absolute Gasteiger partial charge is 0.298 e. The number of benzene rings is 2. The van der Waals surface area contributed by atoms with Gasteiger partial charge in [0.05, 0.1) is 15.1 Å². The molecule has 0 unspecified atom stereocenters. The van der Waals surface area contributed by atoms with E-state index in [-0.39, 0.29) is 4.90 Å². The highest BCUT2D eigenvalue weighted by atomic mass is 32.2. The molecular formula is C17H16FN3O3S2. The van der Waals surface area contributed by atoms with E-state index < -0.39 is 21.7 Å². The minimum atomic E-state index is -3.55. The van der Waals surface area contributed by atoms with Gasteiger partial charge in [0, 0.05) is 19.2 Å². The first-order valence-electron chi connectivity index (χ1n) is 7.75. The van der Waals surface area contributed by atoms with Crippen LogP contribution in [0, 0.1) is 5.82 Å². The second kappa shape index (κ2) is 7.10. The third-order valence-electron chi connectivity index (χ3n) is 3.84. The van der Waals surface area contributed by atoms with E-state index in [9.17, 15) is 17.6 Å². The minimum Gasteiger partial charge on any atom is -0.298 e. The van der Waals surface area contributed by atoms with Crippen LogP contribution in [0.3, 0.4) is 0 Å². The van der Waals surface area contributed by atoms with Crippen molar-refractivity contribution in [3.63, 3.8) is 0 Å². The quantitative estimate of drug-likeness (QED) is 0.721. The fourth-order valence-electron chi connectivity index (χ4n) is 2.24. The van der Waals surface area contributed by atoms with Crippen molar-refractivity contribution in [3.8, 4) is 0 Å². The number of anilines is 1. The molecule has 0 radical (unpaired) electrons. The summed E-state index contributed by atoms with van der Waals surface area (Å²) in [6.45, 7) is 2.12. The van der Waals surface area contributed by atoms with Crippen LogP contribution >= 0.6 is 11.3 Å². The van der Waals surface area contributed by atoms with Crippen LogP contribution in [0.2, 0.25) is 0 Å². The third-order valence-corrected chi connectivity index (χ3v) is 6.70. The first-order chi connectivity index (χ1) is 12.3. The first-order valence-corrected chi connectivity index (χ1v) is 10.0. The molecular weight excluding hydrogens is 377 g/mol. The Hall–Kier alpha value is -2.36. The lowest BCUT2D eigenvalue weighted by molar-refractivity contribution is 0.102. The Balaban J connectivity index is 1.88. The number of hydrogen-bond acceptors (Lipinski definition) is 5. The van der Waals surface area contributed by atoms with E-state index in [1.54, 1.807) is 19.1 Å². The molecule has 0 saturated heterocycles. The van der Waals surface area contributed by atoms with Gasteiger partial charge < -0.3 is 0 Å². The number of halogens is 1. The Morgan fingerprint density at radius 3 is 2.58 bits per heavy atom. The van der Waals surface area contributed by atoms with Crippen molar-refractivity contribution >= 4 is 42.6 Å². The Kier molecular flexibility index (Phi) is 5.03. The Morgan fingerprint density at radius 1 is 1.23 bits per heavy atom. The van der Waals surface area contributed by atoms with E-state index in [1.165, 1.54) is 53.0 Å². The molecule has 0 saturated carbocycles. The number of sulfonamides is 1. The number of carbonyl (C=O) groups excluding carboxylic acids is 1. The van der Waals surface area contributed by atoms with Gasteiger partial charge in [-0.3, -0.25) is 10.1 Å². The maximum Gasteiger partial charge on any atom is 0.257 e. The van der Waals surface area contributed by atoms with Crippen LogP contribution in [-0.2, 0) is 10.0 Å². The molecule has 2 aromatic carbocycles. The molecule has 0 spiro atoms. The van der Waals surface area contributed by atoms with Crippen molar-refractivity contribution in [1.29, 1.82) is 0 Å². The monoisotopic (exact) mass is 393 g/mol. The van der Waals surface area contributed by atoms with Crippen molar-refractivity contribution in [3.05, 3.63) is 53.8 Å². The van der Waals surface area contributed by atoms with Gasteiger partial charge in [-0.25, -0.2) is 22.1 Å². The number of rotatable bonds is 5. The Labute approximate surface area is 154 Å². The van der Waals surface area contributed by atoms with Gasteiger partial charge in [-0.15, -0.1) is 0 Å². The van der Waals surface area contributed by atoms with Crippen molar-refractivity contribution < 1.29 is 17.6 Å². The summed E-state index contributed by atoms with van der Waals surface area (Å²) < 4.78 is 39.7. The predicted molar refractivity (Wildman–Crippen MR) is 99.5 cm³/mol. The van der Waals surface area contributed by atoms with E-state index in [0.29, 0.717) is 27.5 Å². The van der Waals surface area contributed by atoms with Crippen molar-refractivity contribution in [1.82, 2.24) is 9.29 Å². The molecule has 26 heavy (non-hydrogen) atoms. The normalized spacial score (nSPS) is 11.8. The molecule has 1 amide bonds. The fraction of sp³-hybridized carbons (Fsp3) is 0.176. The zero-order chi connectivity index (χ0) is 18.9. The zero-order valence-electron chi connectivity index (χ0n) is 14.1. The number of nitrogens with one attached hydrogen (secondary N) is 1. The topological polar surface area (TPSA) is 79.4 Å². The average molecular weight is 393 g/mol. The molecule has 0 bridgehead atoms. The number of carbonyl (C=O) groups is 1. The molecule has 3 rings (SSSR count). The molecule has 0 aliphatic carbocycles. The van der Waals surface area contributed by atoms with Gasteiger partial charge in [0.15, 0.2) is 5.13 Å². The molecule has 136 valence electrons. The van der Waals surface area contributed by atoms with Gasteiger partial charge in [0.25, 0.3) is 5.91 Å². The Bertz CT molecular complexity index is 1060. The summed E-state index contributed by atoms with van der Waals surface area (Å²) in [6.07, 6.45) is 0. The van der Waals surface area contributed by atoms with Crippen LogP contribution in [-0.4, -0.2) is 37.2 Å². The van der Waals surface area contributed by atoms with E-state index >= 15 is 0 Å². The summed E-state index contributed by atoms with van der Waals surface area (Å²) in [6, 6.07) is 9.81. The average Bonchev–Trinajstić information content (AvgIpc) is 3.02. The molecule has 0 atom stereocenters.